The molecule has 1 aromatic heterocycles. The van der Waals surface area contributed by atoms with E-state index in [0.29, 0.717) is 5.92 Å². The second-order valence-electron chi connectivity index (χ2n) is 2.19. The third kappa shape index (κ3) is 1.83. The number of thiophene rings is 1. The van der Waals surface area contributed by atoms with Crippen molar-refractivity contribution < 1.29 is 0 Å². The molecule has 10 heavy (non-hydrogen) atoms. The molecule has 0 saturated carbocycles. The molecule has 1 aromatic rings. The summed E-state index contributed by atoms with van der Waals surface area (Å²) < 4.78 is 1.24. The Hall–Kier alpha value is 0.660. The first kappa shape index (κ1) is 8.75. The van der Waals surface area contributed by atoms with Crippen LogP contribution in [0.1, 0.15) is 17.7 Å². The van der Waals surface area contributed by atoms with E-state index in [1.807, 2.05) is 0 Å². The maximum absolute atomic E-state index is 3.50. The summed E-state index contributed by atoms with van der Waals surface area (Å²) in [6.45, 7) is 2.21. The summed E-state index contributed by atoms with van der Waals surface area (Å²) in [4.78, 5) is 1.43. The highest BCUT2D eigenvalue weighted by molar-refractivity contribution is 9.10. The monoisotopic (exact) mass is 282 g/mol. The summed E-state index contributed by atoms with van der Waals surface area (Å²) in [7, 11) is 0. The summed E-state index contributed by atoms with van der Waals surface area (Å²) in [6, 6.07) is 2.10. The highest BCUT2D eigenvalue weighted by Crippen LogP contribution is 2.30. The van der Waals surface area contributed by atoms with E-state index < -0.39 is 0 Å². The first-order valence-corrected chi connectivity index (χ1v) is 5.84. The van der Waals surface area contributed by atoms with Crippen molar-refractivity contribution in [3.63, 3.8) is 0 Å². The minimum atomic E-state index is 0.620. The molecule has 1 atom stereocenters. The van der Waals surface area contributed by atoms with Crippen LogP contribution < -0.4 is 0 Å². The van der Waals surface area contributed by atoms with Gasteiger partial charge in [0, 0.05) is 20.6 Å². The van der Waals surface area contributed by atoms with Crippen LogP contribution in [-0.4, -0.2) is 5.33 Å². The largest absolute Gasteiger partial charge is 0.147 e. The highest BCUT2D eigenvalue weighted by Gasteiger charge is 2.08. The Kier molecular flexibility index (Phi) is 3.40. The average molecular weight is 284 g/mol. The van der Waals surface area contributed by atoms with Gasteiger partial charge in [-0.3, -0.25) is 0 Å². The zero-order valence-electron chi connectivity index (χ0n) is 5.60. The summed E-state index contributed by atoms with van der Waals surface area (Å²) >= 11 is 8.76. The van der Waals surface area contributed by atoms with Gasteiger partial charge in [-0.2, -0.15) is 0 Å². The minimum Gasteiger partial charge on any atom is -0.147 e. The van der Waals surface area contributed by atoms with E-state index >= 15 is 0 Å². The van der Waals surface area contributed by atoms with Crippen LogP contribution in [0.2, 0.25) is 0 Å². The summed E-state index contributed by atoms with van der Waals surface area (Å²) in [5.74, 6) is 0.620. The molecule has 0 saturated heterocycles. The molecule has 0 spiro atoms. The molecular formula is C7H8Br2S. The van der Waals surface area contributed by atoms with E-state index in [-0.39, 0.29) is 0 Å². The van der Waals surface area contributed by atoms with Crippen molar-refractivity contribution in [1.82, 2.24) is 0 Å². The molecule has 1 unspecified atom stereocenters. The normalized spacial score (nSPS) is 13.5. The number of hydrogen-bond donors (Lipinski definition) is 0. The number of hydrogen-bond acceptors (Lipinski definition) is 1. The van der Waals surface area contributed by atoms with Crippen LogP contribution in [0.4, 0.5) is 0 Å². The molecule has 0 nitrogen and oxygen atoms in total. The van der Waals surface area contributed by atoms with Gasteiger partial charge >= 0.3 is 0 Å². The molecular weight excluding hydrogens is 276 g/mol. The van der Waals surface area contributed by atoms with Crippen LogP contribution in [0.25, 0.3) is 0 Å². The lowest BCUT2D eigenvalue weighted by Gasteiger charge is -2.03. The van der Waals surface area contributed by atoms with Crippen molar-refractivity contribution in [2.24, 2.45) is 0 Å². The lowest BCUT2D eigenvalue weighted by Crippen LogP contribution is -1.90. The zero-order valence-corrected chi connectivity index (χ0v) is 9.59. The summed E-state index contributed by atoms with van der Waals surface area (Å²) in [5, 5.41) is 3.14. The van der Waals surface area contributed by atoms with E-state index in [1.54, 1.807) is 11.3 Å². The Labute approximate surface area is 81.9 Å². The van der Waals surface area contributed by atoms with Crippen LogP contribution in [-0.2, 0) is 0 Å². The van der Waals surface area contributed by atoms with E-state index in [4.69, 9.17) is 0 Å². The van der Waals surface area contributed by atoms with Gasteiger partial charge < -0.3 is 0 Å². The van der Waals surface area contributed by atoms with Crippen LogP contribution >= 0.6 is 43.2 Å². The fourth-order valence-electron chi connectivity index (χ4n) is 0.727. The van der Waals surface area contributed by atoms with Crippen LogP contribution in [0.5, 0.6) is 0 Å². The van der Waals surface area contributed by atoms with Crippen molar-refractivity contribution in [2.75, 3.05) is 5.33 Å². The van der Waals surface area contributed by atoms with Crippen molar-refractivity contribution >= 4 is 43.2 Å². The molecule has 1 heterocycles. The molecule has 0 aliphatic carbocycles. The smallest absolute Gasteiger partial charge is 0.0317 e. The zero-order chi connectivity index (χ0) is 7.56. The van der Waals surface area contributed by atoms with Gasteiger partial charge in [0.05, 0.1) is 0 Å². The molecule has 0 aromatic carbocycles. The Morgan fingerprint density at radius 1 is 1.70 bits per heavy atom. The quantitative estimate of drug-likeness (QED) is 0.720. The van der Waals surface area contributed by atoms with Crippen molar-refractivity contribution in [3.8, 4) is 0 Å². The molecule has 0 bridgehead atoms. The Balaban J connectivity index is 2.82. The fraction of sp³-hybridized carbons (Fsp3) is 0.429. The lowest BCUT2D eigenvalue weighted by molar-refractivity contribution is 0.907. The Bertz CT molecular complexity index is 207. The number of alkyl halides is 1. The maximum atomic E-state index is 3.50. The first-order chi connectivity index (χ1) is 4.75. The SMILES string of the molecule is CC(CBr)c1sccc1Br. The van der Waals surface area contributed by atoms with Gasteiger partial charge in [-0.1, -0.05) is 22.9 Å². The van der Waals surface area contributed by atoms with Crippen LogP contribution in [0.3, 0.4) is 0 Å². The molecule has 3 heteroatoms. The molecule has 56 valence electrons. The fourth-order valence-corrected chi connectivity index (χ4v) is 3.09. The molecule has 0 amide bonds. The van der Waals surface area contributed by atoms with Gasteiger partial charge in [0.1, 0.15) is 0 Å². The number of halogens is 2. The van der Waals surface area contributed by atoms with E-state index in [2.05, 4.69) is 50.2 Å². The standard InChI is InChI=1S/C7H8Br2S/c1-5(4-8)7-6(9)2-3-10-7/h2-3,5H,4H2,1H3. The predicted octanol–water partition coefficient (Wildman–Crippen LogP) is 4.01. The van der Waals surface area contributed by atoms with E-state index in [9.17, 15) is 0 Å². The lowest BCUT2D eigenvalue weighted by atomic mass is 10.2. The third-order valence-corrected chi connectivity index (χ3v) is 4.40. The molecule has 0 aliphatic heterocycles. The van der Waals surface area contributed by atoms with E-state index in [0.717, 1.165) is 5.33 Å². The van der Waals surface area contributed by atoms with Crippen molar-refractivity contribution in [1.29, 1.82) is 0 Å². The Morgan fingerprint density at radius 2 is 2.40 bits per heavy atom. The van der Waals surface area contributed by atoms with Crippen LogP contribution in [0, 0.1) is 0 Å². The average Bonchev–Trinajstić information content (AvgIpc) is 2.34. The van der Waals surface area contributed by atoms with Gasteiger partial charge in [0.2, 0.25) is 0 Å². The topological polar surface area (TPSA) is 0 Å². The molecule has 0 N–H and O–H groups in total. The van der Waals surface area contributed by atoms with Gasteiger partial charge in [-0.05, 0) is 27.4 Å². The second kappa shape index (κ2) is 3.88. The molecule has 0 radical (unpaired) electrons. The van der Waals surface area contributed by atoms with Crippen LogP contribution in [0.15, 0.2) is 15.9 Å². The first-order valence-electron chi connectivity index (χ1n) is 3.04. The molecule has 0 fully saturated rings. The van der Waals surface area contributed by atoms with Crippen molar-refractivity contribution in [3.05, 3.63) is 20.8 Å². The Morgan fingerprint density at radius 3 is 2.80 bits per heavy atom. The second-order valence-corrected chi connectivity index (χ2v) is 4.64. The maximum Gasteiger partial charge on any atom is 0.0317 e. The van der Waals surface area contributed by atoms with Gasteiger partial charge in [0.15, 0.2) is 0 Å². The summed E-state index contributed by atoms with van der Waals surface area (Å²) in [5.41, 5.74) is 0. The number of rotatable bonds is 2. The van der Waals surface area contributed by atoms with Gasteiger partial charge in [-0.15, -0.1) is 11.3 Å². The molecule has 1 rings (SSSR count). The minimum absolute atomic E-state index is 0.620. The van der Waals surface area contributed by atoms with Gasteiger partial charge in [0.25, 0.3) is 0 Å². The van der Waals surface area contributed by atoms with Gasteiger partial charge in [-0.25, -0.2) is 0 Å². The third-order valence-electron chi connectivity index (χ3n) is 1.32. The molecule has 0 aliphatic rings. The highest BCUT2D eigenvalue weighted by atomic mass is 79.9. The van der Waals surface area contributed by atoms with E-state index in [1.165, 1.54) is 9.35 Å². The predicted molar refractivity (Wildman–Crippen MR) is 54.2 cm³/mol. The van der Waals surface area contributed by atoms with Crippen molar-refractivity contribution in [2.45, 2.75) is 12.8 Å². The summed E-state index contributed by atoms with van der Waals surface area (Å²) in [6.07, 6.45) is 0.